The number of rotatable bonds is 4. The third-order valence-corrected chi connectivity index (χ3v) is 5.72. The Morgan fingerprint density at radius 2 is 1.85 bits per heavy atom. The summed E-state index contributed by atoms with van der Waals surface area (Å²) in [6.07, 6.45) is 0. The Bertz CT molecular complexity index is 689. The van der Waals surface area contributed by atoms with Gasteiger partial charge in [-0.1, -0.05) is 12.1 Å². The van der Waals surface area contributed by atoms with Crippen LogP contribution in [0.1, 0.15) is 18.0 Å². The van der Waals surface area contributed by atoms with E-state index in [-0.39, 0.29) is 10.9 Å². The van der Waals surface area contributed by atoms with Gasteiger partial charge < -0.3 is 5.73 Å². The molecule has 2 rings (SSSR count). The maximum atomic E-state index is 12.0. The van der Waals surface area contributed by atoms with Crippen LogP contribution in [0.3, 0.4) is 0 Å². The summed E-state index contributed by atoms with van der Waals surface area (Å²) in [7, 11) is -0.364. The molecule has 108 valence electrons. The predicted molar refractivity (Wildman–Crippen MR) is 81.0 cm³/mol. The Labute approximate surface area is 123 Å². The number of thiazole rings is 1. The Morgan fingerprint density at radius 3 is 2.30 bits per heavy atom. The number of aromatic nitrogens is 1. The van der Waals surface area contributed by atoms with Gasteiger partial charge in [0.1, 0.15) is 5.01 Å². The molecular formula is C13H17N3O2S2. The van der Waals surface area contributed by atoms with Crippen molar-refractivity contribution in [1.82, 2.24) is 9.29 Å². The van der Waals surface area contributed by atoms with Gasteiger partial charge in [0, 0.05) is 25.0 Å². The molecule has 7 heteroatoms. The van der Waals surface area contributed by atoms with E-state index in [0.29, 0.717) is 0 Å². The van der Waals surface area contributed by atoms with Crippen LogP contribution in [0.15, 0.2) is 34.5 Å². The summed E-state index contributed by atoms with van der Waals surface area (Å²) < 4.78 is 25.1. The average Bonchev–Trinajstić information content (AvgIpc) is 2.88. The van der Waals surface area contributed by atoms with E-state index in [1.807, 2.05) is 12.3 Å². The van der Waals surface area contributed by atoms with Crippen molar-refractivity contribution in [3.63, 3.8) is 0 Å². The van der Waals surface area contributed by atoms with Crippen molar-refractivity contribution >= 4 is 21.4 Å². The SMILES string of the molecule is CC(N)c1nc(-c2ccc(S(=O)(=O)N(C)C)cc2)cs1. The zero-order chi connectivity index (χ0) is 14.9. The summed E-state index contributed by atoms with van der Waals surface area (Å²) in [5.74, 6) is 0. The largest absolute Gasteiger partial charge is 0.322 e. The van der Waals surface area contributed by atoms with Gasteiger partial charge in [0.25, 0.3) is 0 Å². The zero-order valence-electron chi connectivity index (χ0n) is 11.6. The van der Waals surface area contributed by atoms with Crippen LogP contribution in [0.5, 0.6) is 0 Å². The minimum Gasteiger partial charge on any atom is -0.322 e. The van der Waals surface area contributed by atoms with E-state index < -0.39 is 10.0 Å². The normalized spacial score (nSPS) is 13.7. The summed E-state index contributed by atoms with van der Waals surface area (Å²) in [5.41, 5.74) is 7.48. The minimum absolute atomic E-state index is 0.0952. The molecule has 0 amide bonds. The number of nitrogens with zero attached hydrogens (tertiary/aromatic N) is 2. The van der Waals surface area contributed by atoms with E-state index in [4.69, 9.17) is 5.73 Å². The van der Waals surface area contributed by atoms with Gasteiger partial charge >= 0.3 is 0 Å². The minimum atomic E-state index is -3.39. The van der Waals surface area contributed by atoms with Crippen LogP contribution in [0.25, 0.3) is 11.3 Å². The van der Waals surface area contributed by atoms with Crippen LogP contribution >= 0.6 is 11.3 Å². The Hall–Kier alpha value is -1.28. The van der Waals surface area contributed by atoms with E-state index in [9.17, 15) is 8.42 Å². The number of benzene rings is 1. The van der Waals surface area contributed by atoms with E-state index >= 15 is 0 Å². The fraction of sp³-hybridized carbons (Fsp3) is 0.308. The van der Waals surface area contributed by atoms with Gasteiger partial charge in [-0.2, -0.15) is 0 Å². The second-order valence-corrected chi connectivity index (χ2v) is 7.71. The van der Waals surface area contributed by atoms with Crippen LogP contribution in [0.4, 0.5) is 0 Å². The van der Waals surface area contributed by atoms with Crippen molar-refractivity contribution in [3.05, 3.63) is 34.7 Å². The molecule has 0 bridgehead atoms. The first-order valence-electron chi connectivity index (χ1n) is 6.06. The second kappa shape index (κ2) is 5.61. The third kappa shape index (κ3) is 2.90. The van der Waals surface area contributed by atoms with Crippen molar-refractivity contribution in [2.75, 3.05) is 14.1 Å². The second-order valence-electron chi connectivity index (χ2n) is 4.67. The molecule has 1 aromatic carbocycles. The highest BCUT2D eigenvalue weighted by Gasteiger charge is 2.17. The van der Waals surface area contributed by atoms with Crippen LogP contribution in [-0.2, 0) is 10.0 Å². The standard InChI is InChI=1S/C13H17N3O2S2/c1-9(14)13-15-12(8-19-13)10-4-6-11(7-5-10)20(17,18)16(2)3/h4-9H,14H2,1-3H3. The number of hydrogen-bond donors (Lipinski definition) is 1. The maximum Gasteiger partial charge on any atom is 0.242 e. The predicted octanol–water partition coefficient (Wildman–Crippen LogP) is 2.08. The molecule has 2 N–H and O–H groups in total. The first kappa shape index (κ1) is 15.1. The first-order chi connectivity index (χ1) is 9.32. The topological polar surface area (TPSA) is 76.3 Å². The molecule has 0 spiro atoms. The van der Waals surface area contributed by atoms with Crippen molar-refractivity contribution in [1.29, 1.82) is 0 Å². The highest BCUT2D eigenvalue weighted by Crippen LogP contribution is 2.25. The summed E-state index contributed by atoms with van der Waals surface area (Å²) in [6.45, 7) is 1.88. The van der Waals surface area contributed by atoms with E-state index in [1.54, 1.807) is 24.3 Å². The molecule has 1 atom stereocenters. The van der Waals surface area contributed by atoms with Gasteiger partial charge in [0.15, 0.2) is 0 Å². The molecule has 0 saturated heterocycles. The van der Waals surface area contributed by atoms with Gasteiger partial charge in [-0.25, -0.2) is 17.7 Å². The van der Waals surface area contributed by atoms with E-state index in [2.05, 4.69) is 4.98 Å². The molecular weight excluding hydrogens is 294 g/mol. The summed E-state index contributed by atoms with van der Waals surface area (Å²) in [4.78, 5) is 4.71. The van der Waals surface area contributed by atoms with Crippen LogP contribution in [-0.4, -0.2) is 31.8 Å². The lowest BCUT2D eigenvalue weighted by Gasteiger charge is -2.11. The molecule has 0 aliphatic heterocycles. The number of nitrogens with two attached hydrogens (primary N) is 1. The van der Waals surface area contributed by atoms with E-state index in [1.165, 1.54) is 29.7 Å². The molecule has 1 heterocycles. The highest BCUT2D eigenvalue weighted by atomic mass is 32.2. The lowest BCUT2D eigenvalue weighted by molar-refractivity contribution is 0.521. The third-order valence-electron chi connectivity index (χ3n) is 2.84. The van der Waals surface area contributed by atoms with Crippen molar-refractivity contribution in [3.8, 4) is 11.3 Å². The number of hydrogen-bond acceptors (Lipinski definition) is 5. The number of sulfonamides is 1. The monoisotopic (exact) mass is 311 g/mol. The smallest absolute Gasteiger partial charge is 0.242 e. The fourth-order valence-electron chi connectivity index (χ4n) is 1.64. The van der Waals surface area contributed by atoms with Crippen molar-refractivity contribution in [2.45, 2.75) is 17.9 Å². The molecule has 0 aliphatic carbocycles. The van der Waals surface area contributed by atoms with Gasteiger partial charge in [-0.05, 0) is 19.1 Å². The molecule has 5 nitrogen and oxygen atoms in total. The summed E-state index contributed by atoms with van der Waals surface area (Å²) in [6, 6.07) is 6.61. The quantitative estimate of drug-likeness (QED) is 0.938. The Morgan fingerprint density at radius 1 is 1.25 bits per heavy atom. The maximum absolute atomic E-state index is 12.0. The lowest BCUT2D eigenvalue weighted by Crippen LogP contribution is -2.22. The van der Waals surface area contributed by atoms with Gasteiger partial charge in [-0.15, -0.1) is 11.3 Å². The lowest BCUT2D eigenvalue weighted by atomic mass is 10.2. The molecule has 0 saturated carbocycles. The molecule has 1 unspecified atom stereocenters. The van der Waals surface area contributed by atoms with E-state index in [0.717, 1.165) is 16.3 Å². The van der Waals surface area contributed by atoms with Crippen molar-refractivity contribution in [2.24, 2.45) is 5.73 Å². The molecule has 0 radical (unpaired) electrons. The molecule has 0 fully saturated rings. The van der Waals surface area contributed by atoms with Gasteiger partial charge in [0.2, 0.25) is 10.0 Å². The zero-order valence-corrected chi connectivity index (χ0v) is 13.2. The average molecular weight is 311 g/mol. The highest BCUT2D eigenvalue weighted by molar-refractivity contribution is 7.89. The van der Waals surface area contributed by atoms with Crippen LogP contribution < -0.4 is 5.73 Å². The Balaban J connectivity index is 2.33. The molecule has 2 aromatic rings. The Kier molecular flexibility index (Phi) is 4.24. The van der Waals surface area contributed by atoms with Crippen LogP contribution in [0, 0.1) is 0 Å². The molecule has 0 aliphatic rings. The van der Waals surface area contributed by atoms with Gasteiger partial charge in [-0.3, -0.25) is 0 Å². The summed E-state index contributed by atoms with van der Waals surface area (Å²) >= 11 is 1.50. The van der Waals surface area contributed by atoms with Gasteiger partial charge in [0.05, 0.1) is 16.6 Å². The molecule has 1 aromatic heterocycles. The van der Waals surface area contributed by atoms with Crippen LogP contribution in [0.2, 0.25) is 0 Å². The molecule has 20 heavy (non-hydrogen) atoms. The fourth-order valence-corrected chi connectivity index (χ4v) is 3.33. The summed E-state index contributed by atoms with van der Waals surface area (Å²) in [5, 5.41) is 2.79. The van der Waals surface area contributed by atoms with Crippen molar-refractivity contribution < 1.29 is 8.42 Å². The first-order valence-corrected chi connectivity index (χ1v) is 8.38.